The molecule has 0 atom stereocenters. The van der Waals surface area contributed by atoms with Crippen LogP contribution in [0.3, 0.4) is 0 Å². The van der Waals surface area contributed by atoms with Crippen LogP contribution in [0.25, 0.3) is 22.6 Å². The maximum Gasteiger partial charge on any atom is 0.215 e. The first kappa shape index (κ1) is 12.6. The summed E-state index contributed by atoms with van der Waals surface area (Å²) in [5, 5.41) is 0. The van der Waals surface area contributed by atoms with Crippen molar-refractivity contribution in [3.05, 3.63) is 36.2 Å². The Balaban J connectivity index is 2.03. The lowest BCUT2D eigenvalue weighted by atomic mass is 10.2. The van der Waals surface area contributed by atoms with Gasteiger partial charge in [0.05, 0.1) is 17.8 Å². The Bertz CT molecular complexity index is 737. The van der Waals surface area contributed by atoms with E-state index in [1.54, 1.807) is 6.20 Å². The van der Waals surface area contributed by atoms with Gasteiger partial charge in [0.25, 0.3) is 0 Å². The zero-order chi connectivity index (χ0) is 13.9. The molecule has 3 N–H and O–H groups in total. The molecule has 0 bridgehead atoms. The Kier molecular flexibility index (Phi) is 3.30. The topological polar surface area (TPSA) is 89.7 Å². The molecule has 0 unspecified atom stereocenters. The van der Waals surface area contributed by atoms with Gasteiger partial charge >= 0.3 is 0 Å². The van der Waals surface area contributed by atoms with Crippen molar-refractivity contribution in [2.75, 3.05) is 6.61 Å². The summed E-state index contributed by atoms with van der Waals surface area (Å²) in [6.07, 6.45) is 1.73. The summed E-state index contributed by atoms with van der Waals surface area (Å²) in [7, 11) is 0. The van der Waals surface area contributed by atoms with Crippen LogP contribution in [0.15, 0.2) is 30.5 Å². The summed E-state index contributed by atoms with van der Waals surface area (Å²) in [6, 6.07) is 7.54. The summed E-state index contributed by atoms with van der Waals surface area (Å²) in [5.74, 6) is 1.33. The number of aromatic amines is 1. The highest BCUT2D eigenvalue weighted by molar-refractivity contribution is 5.76. The largest absolute Gasteiger partial charge is 0.478 e. The van der Waals surface area contributed by atoms with Crippen LogP contribution in [0.1, 0.15) is 12.6 Å². The average Bonchev–Trinajstić information content (AvgIpc) is 2.91. The average molecular weight is 269 g/mol. The fourth-order valence-corrected chi connectivity index (χ4v) is 1.98. The van der Waals surface area contributed by atoms with Crippen LogP contribution in [-0.2, 0) is 6.54 Å². The first-order valence-corrected chi connectivity index (χ1v) is 6.45. The zero-order valence-corrected chi connectivity index (χ0v) is 11.1. The van der Waals surface area contributed by atoms with Crippen LogP contribution in [0.4, 0.5) is 0 Å². The normalized spacial score (nSPS) is 10.9. The number of H-pyrrole nitrogens is 1. The van der Waals surface area contributed by atoms with Crippen molar-refractivity contribution in [2.24, 2.45) is 5.73 Å². The van der Waals surface area contributed by atoms with Crippen LogP contribution in [-0.4, -0.2) is 26.5 Å². The quantitative estimate of drug-likeness (QED) is 0.754. The second kappa shape index (κ2) is 5.26. The van der Waals surface area contributed by atoms with Crippen molar-refractivity contribution in [1.29, 1.82) is 0 Å². The van der Waals surface area contributed by atoms with Crippen molar-refractivity contribution in [3.63, 3.8) is 0 Å². The molecule has 3 aromatic heterocycles. The molecule has 20 heavy (non-hydrogen) atoms. The van der Waals surface area contributed by atoms with Crippen LogP contribution in [0.2, 0.25) is 0 Å². The van der Waals surface area contributed by atoms with E-state index >= 15 is 0 Å². The lowest BCUT2D eigenvalue weighted by molar-refractivity contribution is 0.328. The number of fused-ring (bicyclic) bond motifs is 1. The molecule has 0 amide bonds. The number of aromatic nitrogens is 4. The van der Waals surface area contributed by atoms with Gasteiger partial charge in [0.15, 0.2) is 5.65 Å². The van der Waals surface area contributed by atoms with Crippen LogP contribution in [0.5, 0.6) is 5.88 Å². The summed E-state index contributed by atoms with van der Waals surface area (Å²) in [5.41, 5.74) is 8.88. The summed E-state index contributed by atoms with van der Waals surface area (Å²) >= 11 is 0. The predicted molar refractivity (Wildman–Crippen MR) is 76.2 cm³/mol. The number of hydrogen-bond donors (Lipinski definition) is 2. The molecule has 102 valence electrons. The Morgan fingerprint density at radius 1 is 1.25 bits per heavy atom. The zero-order valence-electron chi connectivity index (χ0n) is 11.1. The molecule has 3 heterocycles. The number of ether oxygens (including phenoxy) is 1. The van der Waals surface area contributed by atoms with Crippen molar-refractivity contribution >= 4 is 11.2 Å². The number of pyridine rings is 2. The van der Waals surface area contributed by atoms with E-state index in [2.05, 4.69) is 19.9 Å². The van der Waals surface area contributed by atoms with Crippen LogP contribution in [0, 0.1) is 0 Å². The van der Waals surface area contributed by atoms with Gasteiger partial charge in [0.2, 0.25) is 5.88 Å². The molecule has 0 aromatic carbocycles. The Morgan fingerprint density at radius 3 is 2.95 bits per heavy atom. The van der Waals surface area contributed by atoms with E-state index in [4.69, 9.17) is 10.5 Å². The molecule has 3 rings (SSSR count). The third-order valence-corrected chi connectivity index (χ3v) is 2.91. The number of nitrogens with two attached hydrogens (primary N) is 1. The van der Waals surface area contributed by atoms with Crippen molar-refractivity contribution < 1.29 is 4.74 Å². The van der Waals surface area contributed by atoms with Gasteiger partial charge in [-0.25, -0.2) is 4.98 Å². The van der Waals surface area contributed by atoms with E-state index in [1.165, 1.54) is 0 Å². The van der Waals surface area contributed by atoms with Gasteiger partial charge in [-0.05, 0) is 25.1 Å². The van der Waals surface area contributed by atoms with Gasteiger partial charge < -0.3 is 15.5 Å². The van der Waals surface area contributed by atoms with Gasteiger partial charge in [-0.2, -0.15) is 4.98 Å². The molecule has 6 heteroatoms. The standard InChI is InChI=1S/C14H15N5O/c1-2-20-12-4-3-11-14(18-12)19-13(17-11)9-5-6-16-10(7-9)8-15/h3-7H,2,8,15H2,1H3,(H,17,18,19). The molecule has 0 aliphatic carbocycles. The molecule has 0 aliphatic rings. The van der Waals surface area contributed by atoms with Crippen molar-refractivity contribution in [3.8, 4) is 17.3 Å². The van der Waals surface area contributed by atoms with Gasteiger partial charge in [-0.15, -0.1) is 0 Å². The van der Waals surface area contributed by atoms with Gasteiger partial charge in [-0.1, -0.05) is 0 Å². The van der Waals surface area contributed by atoms with E-state index in [-0.39, 0.29) is 0 Å². The van der Waals surface area contributed by atoms with Gasteiger partial charge in [0.1, 0.15) is 5.82 Å². The molecule has 6 nitrogen and oxygen atoms in total. The minimum atomic E-state index is 0.404. The molecule has 0 radical (unpaired) electrons. The smallest absolute Gasteiger partial charge is 0.215 e. The lowest BCUT2D eigenvalue weighted by Crippen LogP contribution is -1.99. The second-order valence-electron chi connectivity index (χ2n) is 4.28. The maximum atomic E-state index is 5.60. The number of hydrogen-bond acceptors (Lipinski definition) is 5. The third kappa shape index (κ3) is 2.33. The minimum absolute atomic E-state index is 0.404. The highest BCUT2D eigenvalue weighted by Gasteiger charge is 2.08. The van der Waals surface area contributed by atoms with Crippen LogP contribution < -0.4 is 10.5 Å². The van der Waals surface area contributed by atoms with E-state index < -0.39 is 0 Å². The molecule has 3 aromatic rings. The summed E-state index contributed by atoms with van der Waals surface area (Å²) in [4.78, 5) is 16.2. The monoisotopic (exact) mass is 269 g/mol. The van der Waals surface area contributed by atoms with Crippen molar-refractivity contribution in [1.82, 2.24) is 19.9 Å². The van der Waals surface area contributed by atoms with E-state index in [0.29, 0.717) is 24.7 Å². The molecular formula is C14H15N5O. The molecule has 0 saturated heterocycles. The number of rotatable bonds is 4. The lowest BCUT2D eigenvalue weighted by Gasteiger charge is -1.99. The van der Waals surface area contributed by atoms with Gasteiger partial charge in [0, 0.05) is 24.4 Å². The molecule has 0 fully saturated rings. The van der Waals surface area contributed by atoms with Crippen LogP contribution >= 0.6 is 0 Å². The summed E-state index contributed by atoms with van der Waals surface area (Å²) < 4.78 is 5.37. The SMILES string of the molecule is CCOc1ccc2[nH]c(-c3ccnc(CN)c3)nc2n1. The Labute approximate surface area is 116 Å². The highest BCUT2D eigenvalue weighted by atomic mass is 16.5. The summed E-state index contributed by atoms with van der Waals surface area (Å²) in [6.45, 7) is 2.91. The van der Waals surface area contributed by atoms with E-state index in [0.717, 1.165) is 22.6 Å². The highest BCUT2D eigenvalue weighted by Crippen LogP contribution is 2.21. The van der Waals surface area contributed by atoms with Gasteiger partial charge in [-0.3, -0.25) is 4.98 Å². The van der Waals surface area contributed by atoms with E-state index in [9.17, 15) is 0 Å². The number of nitrogens with one attached hydrogen (secondary N) is 1. The Morgan fingerprint density at radius 2 is 2.15 bits per heavy atom. The number of nitrogens with zero attached hydrogens (tertiary/aromatic N) is 3. The predicted octanol–water partition coefficient (Wildman–Crippen LogP) is 1.88. The molecule has 0 saturated carbocycles. The maximum absolute atomic E-state index is 5.60. The van der Waals surface area contributed by atoms with E-state index in [1.807, 2.05) is 31.2 Å². The third-order valence-electron chi connectivity index (χ3n) is 2.91. The molecular weight excluding hydrogens is 254 g/mol. The first-order chi connectivity index (χ1) is 9.80. The second-order valence-corrected chi connectivity index (χ2v) is 4.28. The first-order valence-electron chi connectivity index (χ1n) is 6.45. The fraction of sp³-hybridized carbons (Fsp3) is 0.214. The minimum Gasteiger partial charge on any atom is -0.478 e. The fourth-order valence-electron chi connectivity index (χ4n) is 1.98. The molecule has 0 aliphatic heterocycles. The van der Waals surface area contributed by atoms with Crippen molar-refractivity contribution in [2.45, 2.75) is 13.5 Å². The molecule has 0 spiro atoms. The number of imidazole rings is 1. The Hall–Kier alpha value is -2.47.